The number of aliphatic hydroxyl groups is 10. The second-order valence-corrected chi connectivity index (χ2v) is 9.25. The minimum Gasteiger partial charge on any atom is -0.600 e. The van der Waals surface area contributed by atoms with Crippen molar-refractivity contribution in [3.05, 3.63) is 5.21 Å². The lowest BCUT2D eigenvalue weighted by Gasteiger charge is -2.46. The van der Waals surface area contributed by atoms with Crippen molar-refractivity contribution in [1.29, 1.82) is 0 Å². The average molecular weight is 577 g/mol. The van der Waals surface area contributed by atoms with Crippen LogP contribution in [0.1, 0.15) is 0 Å². The summed E-state index contributed by atoms with van der Waals surface area (Å²) >= 11 is 0. The number of rotatable bonds is 10. The Morgan fingerprint density at radius 2 is 1.13 bits per heavy atom. The van der Waals surface area contributed by atoms with Gasteiger partial charge in [0.15, 0.2) is 25.9 Å². The van der Waals surface area contributed by atoms with Crippen molar-refractivity contribution in [2.24, 2.45) is 5.11 Å². The number of aliphatic hydroxyl groups excluding tert-OH is 10. The lowest BCUT2D eigenvalue weighted by molar-refractivity contribution is -0.505. The normalized spacial score (nSPS) is 47.8. The molecule has 3 aliphatic heterocycles. The maximum Gasteiger partial charge on any atom is 0.203 e. The van der Waals surface area contributed by atoms with Crippen LogP contribution in [0.4, 0.5) is 0 Å². The van der Waals surface area contributed by atoms with E-state index in [1.165, 1.54) is 0 Å². The molecular weight excluding hydrogens is 540 g/mol. The molecule has 0 amide bonds. The van der Waals surface area contributed by atoms with Gasteiger partial charge in [0.05, 0.1) is 19.8 Å². The van der Waals surface area contributed by atoms with E-state index >= 15 is 0 Å². The van der Waals surface area contributed by atoms with E-state index in [1.807, 2.05) is 0 Å². The number of hydroxylamine groups is 1. The Kier molecular flexibility index (Phi) is 11.7. The van der Waals surface area contributed by atoms with Crippen LogP contribution in [0.5, 0.6) is 0 Å². The molecule has 39 heavy (non-hydrogen) atoms. The largest absolute Gasteiger partial charge is 0.600 e. The van der Waals surface area contributed by atoms with Crippen LogP contribution < -0.4 is 0 Å². The molecular formula is C20H36N2O17. The number of ether oxygens (including phenoxy) is 6. The van der Waals surface area contributed by atoms with Gasteiger partial charge < -0.3 is 84.7 Å². The number of hydrogen-bond acceptors (Lipinski definition) is 18. The van der Waals surface area contributed by atoms with Gasteiger partial charge in [-0.15, -0.1) is 0 Å². The molecule has 0 aromatic carbocycles. The van der Waals surface area contributed by atoms with Gasteiger partial charge in [0.2, 0.25) is 6.73 Å². The van der Waals surface area contributed by atoms with Gasteiger partial charge in [0, 0.05) is 0 Å². The topological polar surface area (TPSA) is 296 Å². The molecule has 3 saturated heterocycles. The highest BCUT2D eigenvalue weighted by Gasteiger charge is 2.51. The molecule has 10 N–H and O–H groups in total. The Morgan fingerprint density at radius 3 is 1.72 bits per heavy atom. The van der Waals surface area contributed by atoms with Gasteiger partial charge >= 0.3 is 0 Å². The van der Waals surface area contributed by atoms with Crippen molar-refractivity contribution in [2.45, 2.75) is 92.1 Å². The zero-order valence-corrected chi connectivity index (χ0v) is 20.7. The zero-order chi connectivity index (χ0) is 29.0. The summed E-state index contributed by atoms with van der Waals surface area (Å²) in [4.78, 5) is 0.192. The molecule has 0 saturated carbocycles. The van der Waals surface area contributed by atoms with Gasteiger partial charge in [-0.1, -0.05) is 4.86 Å². The first kappa shape index (κ1) is 32.3. The van der Waals surface area contributed by atoms with Gasteiger partial charge in [0.25, 0.3) is 0 Å². The van der Waals surface area contributed by atoms with Gasteiger partial charge in [0.1, 0.15) is 73.2 Å². The van der Waals surface area contributed by atoms with Crippen molar-refractivity contribution in [1.82, 2.24) is 0 Å². The fourth-order valence-corrected chi connectivity index (χ4v) is 4.26. The summed E-state index contributed by atoms with van der Waals surface area (Å²) in [5.41, 5.74) is 0. The monoisotopic (exact) mass is 576 g/mol. The van der Waals surface area contributed by atoms with Gasteiger partial charge in [-0.25, -0.2) is 0 Å². The maximum absolute atomic E-state index is 10.9. The first-order valence-corrected chi connectivity index (χ1v) is 12.0. The summed E-state index contributed by atoms with van der Waals surface area (Å²) in [6.07, 6.45) is -24.8. The van der Waals surface area contributed by atoms with Crippen LogP contribution in [0, 0.1) is 5.21 Å². The van der Waals surface area contributed by atoms with Crippen LogP contribution in [-0.4, -0.2) is 182 Å². The van der Waals surface area contributed by atoms with E-state index in [4.69, 9.17) is 28.4 Å². The maximum atomic E-state index is 10.9. The molecule has 0 radical (unpaired) electrons. The Labute approximate surface area is 221 Å². The second-order valence-electron chi connectivity index (χ2n) is 9.25. The molecule has 0 aliphatic carbocycles. The van der Waals surface area contributed by atoms with E-state index in [0.29, 0.717) is 0 Å². The first-order chi connectivity index (χ1) is 18.4. The summed E-state index contributed by atoms with van der Waals surface area (Å²) in [6, 6.07) is 0. The second kappa shape index (κ2) is 14.1. The SMILES string of the molecule is C[N+]([O-])=NCO[C@@H]1O[C@H](CO[C@@H]2O[C@H](CO)[C@@H](O)[C@@H](O[C@@H]3O[C@H](CO)[C@@H](O)[C@@H](O)[C@H]3O)[C@H]2O)[C@@H](O)[C@@H](O)[C@H]1O. The van der Waals surface area contributed by atoms with Gasteiger partial charge in [-0.05, 0) is 5.11 Å². The molecule has 3 aliphatic rings. The smallest absolute Gasteiger partial charge is 0.203 e. The minimum absolute atomic E-state index is 0.192. The predicted molar refractivity (Wildman–Crippen MR) is 117 cm³/mol. The standard InChI is InChI=1S/C20H36N2O17/c1-22(33)21-5-35-18-14(30)13(29)10(26)8(38-18)4-34-19-16(32)17(11(27)7(3-24)36-19)39-20-15(31)12(28)9(25)6(2-23)37-20/h6-20,23-32H,2-5H2,1H3/t6-,7-,8-,9-,10-,11-,12-,13-,14-,15-,16-,17-,18-,19-,20+/m1/s1. The zero-order valence-electron chi connectivity index (χ0n) is 20.7. The number of nitrogens with zero attached hydrogens (tertiary/aromatic N) is 2. The van der Waals surface area contributed by atoms with Gasteiger partial charge in [-0.3, -0.25) is 0 Å². The highest BCUT2D eigenvalue weighted by atomic mass is 16.7. The molecule has 0 aromatic rings. The molecule has 0 spiro atoms. The summed E-state index contributed by atoms with van der Waals surface area (Å²) in [5, 5.41) is 115. The van der Waals surface area contributed by atoms with E-state index < -0.39 is 119 Å². The lowest BCUT2D eigenvalue weighted by atomic mass is 9.97. The summed E-state index contributed by atoms with van der Waals surface area (Å²) < 4.78 is 32.0. The van der Waals surface area contributed by atoms with E-state index in [2.05, 4.69) is 5.11 Å². The molecule has 19 nitrogen and oxygen atoms in total. The molecule has 3 rings (SSSR count). The van der Waals surface area contributed by atoms with Crippen LogP contribution >= 0.6 is 0 Å². The molecule has 3 fully saturated rings. The van der Waals surface area contributed by atoms with Crippen LogP contribution in [0.2, 0.25) is 0 Å². The molecule has 3 heterocycles. The molecule has 0 aromatic heterocycles. The van der Waals surface area contributed by atoms with Crippen LogP contribution in [0.15, 0.2) is 5.11 Å². The first-order valence-electron chi connectivity index (χ1n) is 12.0. The number of hydrogen-bond donors (Lipinski definition) is 10. The van der Waals surface area contributed by atoms with E-state index in [0.717, 1.165) is 7.05 Å². The van der Waals surface area contributed by atoms with Crippen molar-refractivity contribution < 1.29 is 84.3 Å². The van der Waals surface area contributed by atoms with Crippen LogP contribution in [-0.2, 0) is 28.4 Å². The molecule has 0 bridgehead atoms. The Morgan fingerprint density at radius 1 is 0.641 bits per heavy atom. The van der Waals surface area contributed by atoms with Crippen molar-refractivity contribution in [3.8, 4) is 0 Å². The quantitative estimate of drug-likeness (QED) is 0.0656. The van der Waals surface area contributed by atoms with Crippen molar-refractivity contribution >= 4 is 0 Å². The fourth-order valence-electron chi connectivity index (χ4n) is 4.26. The van der Waals surface area contributed by atoms with E-state index in [9.17, 15) is 56.3 Å². The Bertz CT molecular complexity index is 789. The lowest BCUT2D eigenvalue weighted by Crippen LogP contribution is -2.65. The molecule has 0 unspecified atom stereocenters. The van der Waals surface area contributed by atoms with Crippen molar-refractivity contribution in [2.75, 3.05) is 33.6 Å². The highest BCUT2D eigenvalue weighted by molar-refractivity contribution is 4.95. The summed E-state index contributed by atoms with van der Waals surface area (Å²) in [6.45, 7) is -2.70. The average Bonchev–Trinajstić information content (AvgIpc) is 2.90. The Balaban J connectivity index is 1.67. The Hall–Kier alpha value is -1.24. The van der Waals surface area contributed by atoms with Crippen molar-refractivity contribution in [3.63, 3.8) is 0 Å². The van der Waals surface area contributed by atoms with Crippen LogP contribution in [0.3, 0.4) is 0 Å². The molecule has 15 atom stereocenters. The summed E-state index contributed by atoms with van der Waals surface area (Å²) in [7, 11) is 1.08. The predicted octanol–water partition coefficient (Wildman–Crippen LogP) is -7.00. The minimum atomic E-state index is -1.86. The third kappa shape index (κ3) is 7.35. The van der Waals surface area contributed by atoms with Gasteiger partial charge in [-0.2, -0.15) is 0 Å². The molecule has 19 heteroatoms. The third-order valence-electron chi connectivity index (χ3n) is 6.55. The summed E-state index contributed by atoms with van der Waals surface area (Å²) in [5.74, 6) is 0. The fraction of sp³-hybridized carbons (Fsp3) is 1.00. The van der Waals surface area contributed by atoms with E-state index in [1.54, 1.807) is 0 Å². The molecule has 228 valence electrons. The highest BCUT2D eigenvalue weighted by Crippen LogP contribution is 2.30. The van der Waals surface area contributed by atoms with Crippen LogP contribution in [0.25, 0.3) is 0 Å². The van der Waals surface area contributed by atoms with E-state index in [-0.39, 0.29) is 4.86 Å². The third-order valence-corrected chi connectivity index (χ3v) is 6.55. The number of azo groups is 1.